The number of aliphatic imine (C=N–C) groups is 4. The van der Waals surface area contributed by atoms with E-state index in [0.717, 1.165) is 0 Å². The molecule has 0 bridgehead atoms. The van der Waals surface area contributed by atoms with Crippen LogP contribution in [0.25, 0.3) is 0 Å². The molecule has 10 nitrogen and oxygen atoms in total. The highest BCUT2D eigenvalue weighted by atomic mass is 32.1. The first-order valence-corrected chi connectivity index (χ1v) is 5.49. The number of nitrogens with one attached hydrogen (secondary N) is 2. The Kier molecular flexibility index (Phi) is 8.03. The Morgan fingerprint density at radius 2 is 1.42 bits per heavy atom. The number of guanidine groups is 2. The fourth-order valence-electron chi connectivity index (χ4n) is 0.653. The fourth-order valence-corrected chi connectivity index (χ4v) is 1.05. The third-order valence-electron chi connectivity index (χ3n) is 1.36. The van der Waals surface area contributed by atoms with Crippen molar-refractivity contribution in [3.8, 4) is 0 Å². The Morgan fingerprint density at radius 1 is 0.947 bits per heavy atom. The van der Waals surface area contributed by atoms with E-state index >= 15 is 0 Å². The summed E-state index contributed by atoms with van der Waals surface area (Å²) in [6, 6.07) is 0. The highest BCUT2D eigenvalue weighted by molar-refractivity contribution is 7.80. The van der Waals surface area contributed by atoms with Gasteiger partial charge in [0.25, 0.3) is 0 Å². The van der Waals surface area contributed by atoms with E-state index in [4.69, 9.17) is 47.6 Å². The standard InChI is InChI=1S/C7H14N10S2/c1-3(13-7(19)15-5(9)17-11)2-12-6(18)14-4(8)16-10/h2H,10-11H2,1H3,(H3,8,14,16,18)(H3,9,15,17,19)/b12-2+,13-3+. The van der Waals surface area contributed by atoms with Crippen LogP contribution in [0.15, 0.2) is 20.0 Å². The molecule has 0 heterocycles. The normalized spacial score (nSPS) is 13.5. The molecule has 104 valence electrons. The number of hydrogen-bond acceptors (Lipinski definition) is 4. The zero-order chi connectivity index (χ0) is 14.8. The molecule has 0 aromatic rings. The van der Waals surface area contributed by atoms with Gasteiger partial charge in [0.05, 0.1) is 11.9 Å². The molecule has 0 amide bonds. The van der Waals surface area contributed by atoms with E-state index in [1.807, 2.05) is 0 Å². The van der Waals surface area contributed by atoms with Crippen molar-refractivity contribution in [1.82, 2.24) is 10.9 Å². The number of hydrazine groups is 2. The highest BCUT2D eigenvalue weighted by Crippen LogP contribution is 1.87. The largest absolute Gasteiger partial charge is 0.369 e. The third kappa shape index (κ3) is 8.67. The zero-order valence-corrected chi connectivity index (χ0v) is 11.6. The minimum atomic E-state index is -0.0568. The summed E-state index contributed by atoms with van der Waals surface area (Å²) in [4.78, 5) is 15.0. The van der Waals surface area contributed by atoms with Crippen LogP contribution < -0.4 is 34.0 Å². The molecule has 0 radical (unpaired) electrons. The lowest BCUT2D eigenvalue weighted by atomic mass is 10.5. The van der Waals surface area contributed by atoms with E-state index in [2.05, 4.69) is 30.8 Å². The third-order valence-corrected chi connectivity index (χ3v) is 1.74. The summed E-state index contributed by atoms with van der Waals surface area (Å²) < 4.78 is 0. The maximum absolute atomic E-state index is 5.29. The lowest BCUT2D eigenvalue weighted by Gasteiger charge is -1.97. The molecule has 0 aromatic heterocycles. The van der Waals surface area contributed by atoms with E-state index < -0.39 is 0 Å². The second-order valence-electron chi connectivity index (χ2n) is 2.86. The molecule has 0 spiro atoms. The average Bonchev–Trinajstić information content (AvgIpc) is 2.35. The Morgan fingerprint density at radius 3 is 1.89 bits per heavy atom. The summed E-state index contributed by atoms with van der Waals surface area (Å²) in [5, 5.41) is -0.0421. The summed E-state index contributed by atoms with van der Waals surface area (Å²) in [5.74, 6) is 9.90. The van der Waals surface area contributed by atoms with Crippen LogP contribution in [0.3, 0.4) is 0 Å². The smallest absolute Gasteiger partial charge is 0.222 e. The molecule has 0 saturated carbocycles. The van der Waals surface area contributed by atoms with Gasteiger partial charge in [0.2, 0.25) is 22.1 Å². The van der Waals surface area contributed by atoms with E-state index in [1.54, 1.807) is 6.92 Å². The van der Waals surface area contributed by atoms with Crippen molar-refractivity contribution >= 4 is 58.5 Å². The van der Waals surface area contributed by atoms with Gasteiger partial charge in [-0.15, -0.1) is 0 Å². The van der Waals surface area contributed by atoms with Crippen LogP contribution in [0.4, 0.5) is 0 Å². The van der Waals surface area contributed by atoms with Crippen molar-refractivity contribution in [2.24, 2.45) is 43.1 Å². The maximum Gasteiger partial charge on any atom is 0.222 e. The molecular formula is C7H14N10S2. The Hall–Kier alpha value is -2.02. The molecule has 12 heteroatoms. The van der Waals surface area contributed by atoms with Gasteiger partial charge < -0.3 is 11.5 Å². The minimum absolute atomic E-state index is 0.0167. The fraction of sp³-hybridized carbons (Fsp3) is 0.143. The maximum atomic E-state index is 5.29. The van der Waals surface area contributed by atoms with Gasteiger partial charge in [0.15, 0.2) is 0 Å². The van der Waals surface area contributed by atoms with Crippen LogP contribution in [0.1, 0.15) is 6.92 Å². The van der Waals surface area contributed by atoms with Gasteiger partial charge in [0, 0.05) is 0 Å². The number of hydrogen-bond donors (Lipinski definition) is 6. The van der Waals surface area contributed by atoms with Gasteiger partial charge in [-0.05, 0) is 31.4 Å². The molecule has 19 heavy (non-hydrogen) atoms. The topological polar surface area (TPSA) is 178 Å². The predicted molar refractivity (Wildman–Crippen MR) is 84.7 cm³/mol. The molecule has 0 rings (SSSR count). The second-order valence-corrected chi connectivity index (χ2v) is 3.59. The Bertz CT molecular complexity index is 462. The first kappa shape index (κ1) is 17.0. The van der Waals surface area contributed by atoms with Gasteiger partial charge in [-0.3, -0.25) is 10.9 Å². The van der Waals surface area contributed by atoms with Crippen LogP contribution in [0.5, 0.6) is 0 Å². The molecule has 0 aromatic carbocycles. The van der Waals surface area contributed by atoms with Crippen LogP contribution in [0.2, 0.25) is 0 Å². The van der Waals surface area contributed by atoms with Gasteiger partial charge in [-0.1, -0.05) is 0 Å². The zero-order valence-electron chi connectivity index (χ0n) is 9.99. The molecule has 0 fully saturated rings. The Balaban J connectivity index is 4.65. The molecule has 0 aliphatic carbocycles. The summed E-state index contributed by atoms with van der Waals surface area (Å²) >= 11 is 9.62. The molecular weight excluding hydrogens is 288 g/mol. The van der Waals surface area contributed by atoms with E-state index in [1.165, 1.54) is 6.21 Å². The van der Waals surface area contributed by atoms with Gasteiger partial charge in [-0.2, -0.15) is 9.98 Å². The van der Waals surface area contributed by atoms with Crippen molar-refractivity contribution in [3.63, 3.8) is 0 Å². The first-order valence-electron chi connectivity index (χ1n) is 4.68. The summed E-state index contributed by atoms with van der Waals surface area (Å²) in [6.07, 6.45) is 1.34. The van der Waals surface area contributed by atoms with Gasteiger partial charge in [0.1, 0.15) is 0 Å². The second kappa shape index (κ2) is 8.98. The lowest BCUT2D eigenvalue weighted by molar-refractivity contribution is 1.01. The first-order chi connectivity index (χ1) is 8.88. The number of rotatable bonds is 1. The Labute approximate surface area is 120 Å². The molecule has 0 unspecified atom stereocenters. The minimum Gasteiger partial charge on any atom is -0.369 e. The van der Waals surface area contributed by atoms with Crippen LogP contribution >= 0.6 is 24.4 Å². The number of nitrogens with zero attached hydrogens (tertiary/aromatic N) is 4. The van der Waals surface area contributed by atoms with E-state index in [0.29, 0.717) is 5.71 Å². The van der Waals surface area contributed by atoms with E-state index in [-0.39, 0.29) is 22.1 Å². The number of nitrogens with two attached hydrogens (primary N) is 4. The van der Waals surface area contributed by atoms with Gasteiger partial charge >= 0.3 is 0 Å². The molecule has 0 aliphatic rings. The summed E-state index contributed by atoms with van der Waals surface area (Å²) in [6.45, 7) is 1.63. The van der Waals surface area contributed by atoms with Crippen molar-refractivity contribution < 1.29 is 0 Å². The van der Waals surface area contributed by atoms with Gasteiger partial charge in [-0.25, -0.2) is 21.7 Å². The molecule has 0 atom stereocenters. The van der Waals surface area contributed by atoms with Crippen molar-refractivity contribution in [1.29, 1.82) is 0 Å². The predicted octanol–water partition coefficient (Wildman–Crippen LogP) is -2.36. The molecule has 0 aliphatic heterocycles. The van der Waals surface area contributed by atoms with Crippen molar-refractivity contribution in [2.75, 3.05) is 0 Å². The van der Waals surface area contributed by atoms with Crippen LogP contribution in [0, 0.1) is 0 Å². The average molecular weight is 302 g/mol. The van der Waals surface area contributed by atoms with E-state index in [9.17, 15) is 0 Å². The SMILES string of the molecule is CC(/C=N/C(=S)/N=C(\N)NN)=N\C(=S)/N=C(\N)NN. The number of thiocarbonyl (C=S) groups is 2. The quantitative estimate of drug-likeness (QED) is 0.102. The lowest BCUT2D eigenvalue weighted by Crippen LogP contribution is -2.37. The highest BCUT2D eigenvalue weighted by Gasteiger charge is 1.95. The summed E-state index contributed by atoms with van der Waals surface area (Å²) in [5.41, 5.74) is 15.2. The summed E-state index contributed by atoms with van der Waals surface area (Å²) in [7, 11) is 0. The van der Waals surface area contributed by atoms with Crippen molar-refractivity contribution in [3.05, 3.63) is 0 Å². The van der Waals surface area contributed by atoms with Crippen LogP contribution in [-0.4, -0.2) is 34.1 Å². The van der Waals surface area contributed by atoms with Crippen molar-refractivity contribution in [2.45, 2.75) is 6.92 Å². The van der Waals surface area contributed by atoms with Crippen LogP contribution in [-0.2, 0) is 0 Å². The molecule has 0 saturated heterocycles. The monoisotopic (exact) mass is 302 g/mol. The molecule has 10 N–H and O–H groups in total.